The van der Waals surface area contributed by atoms with E-state index in [-0.39, 0.29) is 10.5 Å². The van der Waals surface area contributed by atoms with Crippen molar-refractivity contribution in [2.75, 3.05) is 25.7 Å². The summed E-state index contributed by atoms with van der Waals surface area (Å²) in [6.45, 7) is 3.42. The second kappa shape index (κ2) is 13.5. The van der Waals surface area contributed by atoms with E-state index < -0.39 is 52.2 Å². The maximum Gasteiger partial charge on any atom is 0.150 e. The average molecular weight is 613 g/mol. The first-order chi connectivity index (χ1) is 20.4. The van der Waals surface area contributed by atoms with Crippen molar-refractivity contribution in [2.45, 2.75) is 36.9 Å². The standard InChI is InChI=1S/C32H32F4N4O2S/c1-18-27(13-24(35)16-37-18)32-28(36)11-20(15-38-32)30(40(3)4)9-7-25-21(17-41)10-23(34)12-26(25)19(2)39-29-8-6-22(33)14-31(29)43(5)42/h6-17,19,30,32,38-39H,1-5H3/t19-,30?,32?,43?/m1/s1. The van der Waals surface area contributed by atoms with Crippen molar-refractivity contribution < 1.29 is 26.6 Å². The van der Waals surface area contributed by atoms with Crippen LogP contribution in [0.4, 0.5) is 23.2 Å². The van der Waals surface area contributed by atoms with Crippen LogP contribution in [0.3, 0.4) is 0 Å². The van der Waals surface area contributed by atoms with Gasteiger partial charge in [-0.25, -0.2) is 17.6 Å². The third-order valence-electron chi connectivity index (χ3n) is 7.17. The van der Waals surface area contributed by atoms with Crippen LogP contribution in [-0.4, -0.2) is 46.8 Å². The zero-order valence-electron chi connectivity index (χ0n) is 24.3. The first-order valence-corrected chi connectivity index (χ1v) is 14.9. The Morgan fingerprint density at radius 1 is 1.07 bits per heavy atom. The summed E-state index contributed by atoms with van der Waals surface area (Å²) in [5.74, 6) is -2.25. The molecule has 0 aliphatic carbocycles. The molecule has 0 fully saturated rings. The molecule has 1 aromatic heterocycles. The van der Waals surface area contributed by atoms with Gasteiger partial charge < -0.3 is 10.6 Å². The van der Waals surface area contributed by atoms with Gasteiger partial charge in [0.25, 0.3) is 0 Å². The van der Waals surface area contributed by atoms with E-state index in [0.717, 1.165) is 12.3 Å². The average Bonchev–Trinajstić information content (AvgIpc) is 2.95. The largest absolute Gasteiger partial charge is 0.378 e. The summed E-state index contributed by atoms with van der Waals surface area (Å²) >= 11 is 0. The molecule has 6 nitrogen and oxygen atoms in total. The van der Waals surface area contributed by atoms with Crippen LogP contribution in [-0.2, 0) is 10.8 Å². The predicted octanol–water partition coefficient (Wildman–Crippen LogP) is 6.56. The summed E-state index contributed by atoms with van der Waals surface area (Å²) in [5.41, 5.74) is 2.80. The number of hydrogen-bond donors (Lipinski definition) is 2. The van der Waals surface area contributed by atoms with Crippen LogP contribution in [0.5, 0.6) is 0 Å². The number of dihydropyridines is 1. The first kappa shape index (κ1) is 31.8. The lowest BCUT2D eigenvalue weighted by atomic mass is 9.93. The minimum atomic E-state index is -1.50. The number of halogens is 4. The van der Waals surface area contributed by atoms with Crippen molar-refractivity contribution >= 4 is 28.8 Å². The van der Waals surface area contributed by atoms with Crippen LogP contribution >= 0.6 is 0 Å². The molecule has 0 amide bonds. The number of carbonyl (C=O) groups is 1. The molecule has 226 valence electrons. The molecule has 4 atom stereocenters. The van der Waals surface area contributed by atoms with Crippen molar-refractivity contribution in [3.63, 3.8) is 0 Å². The summed E-state index contributed by atoms with van der Waals surface area (Å²) in [5, 5.41) is 6.17. The molecule has 3 aromatic rings. The number of hydrogen-bond acceptors (Lipinski definition) is 6. The second-order valence-electron chi connectivity index (χ2n) is 10.4. The highest BCUT2D eigenvalue weighted by Crippen LogP contribution is 2.33. The van der Waals surface area contributed by atoms with Gasteiger partial charge >= 0.3 is 0 Å². The van der Waals surface area contributed by atoms with Gasteiger partial charge in [-0.2, -0.15) is 0 Å². The number of aryl methyl sites for hydroxylation is 1. The van der Waals surface area contributed by atoms with Gasteiger partial charge in [-0.1, -0.05) is 12.2 Å². The lowest BCUT2D eigenvalue weighted by Crippen LogP contribution is -2.31. The molecule has 2 N–H and O–H groups in total. The van der Waals surface area contributed by atoms with Crippen LogP contribution in [0.1, 0.15) is 51.7 Å². The van der Waals surface area contributed by atoms with Gasteiger partial charge in [0.15, 0.2) is 6.29 Å². The molecule has 1 aliphatic rings. The maximum absolute atomic E-state index is 15.4. The number of nitrogens with one attached hydrogen (secondary N) is 2. The van der Waals surface area contributed by atoms with Crippen LogP contribution in [0.2, 0.25) is 0 Å². The van der Waals surface area contributed by atoms with Crippen molar-refractivity contribution in [3.05, 3.63) is 118 Å². The number of anilines is 1. The van der Waals surface area contributed by atoms with Crippen LogP contribution in [0.15, 0.2) is 77.2 Å². The predicted molar refractivity (Wildman–Crippen MR) is 161 cm³/mol. The number of pyridine rings is 1. The van der Waals surface area contributed by atoms with Crippen LogP contribution in [0.25, 0.3) is 6.08 Å². The Morgan fingerprint density at radius 2 is 1.81 bits per heavy atom. The van der Waals surface area contributed by atoms with Crippen molar-refractivity contribution in [1.29, 1.82) is 0 Å². The van der Waals surface area contributed by atoms with Crippen molar-refractivity contribution in [2.24, 2.45) is 0 Å². The fraction of sp³-hybridized carbons (Fsp3) is 0.250. The summed E-state index contributed by atoms with van der Waals surface area (Å²) < 4.78 is 69.9. The monoisotopic (exact) mass is 612 g/mol. The maximum atomic E-state index is 15.4. The van der Waals surface area contributed by atoms with Gasteiger partial charge in [-0.15, -0.1) is 0 Å². The molecule has 0 saturated heterocycles. The molecule has 0 radical (unpaired) electrons. The summed E-state index contributed by atoms with van der Waals surface area (Å²) in [4.78, 5) is 18.1. The molecule has 2 aromatic carbocycles. The zero-order chi connectivity index (χ0) is 31.4. The normalized spacial score (nSPS) is 17.2. The SMILES string of the molecule is Cc1ncc(F)cc1C1NC=C(C(C=Cc2c(C=O)cc(F)cc2[C@@H](C)Nc2ccc(F)cc2S(C)=O)N(C)C)C=C1F. The molecule has 1 aliphatic heterocycles. The van der Waals surface area contributed by atoms with E-state index in [0.29, 0.717) is 39.9 Å². The van der Waals surface area contributed by atoms with Gasteiger partial charge in [-0.3, -0.25) is 18.9 Å². The van der Waals surface area contributed by atoms with E-state index in [1.54, 1.807) is 46.3 Å². The first-order valence-electron chi connectivity index (χ1n) is 13.4. The Hall–Kier alpha value is -4.09. The summed E-state index contributed by atoms with van der Waals surface area (Å²) in [7, 11) is 2.09. The highest BCUT2D eigenvalue weighted by Gasteiger charge is 2.26. The number of benzene rings is 2. The van der Waals surface area contributed by atoms with Crippen LogP contribution < -0.4 is 10.6 Å². The van der Waals surface area contributed by atoms with Gasteiger partial charge in [-0.05, 0) is 87.1 Å². The molecule has 3 unspecified atom stereocenters. The fourth-order valence-corrected chi connectivity index (χ4v) is 5.73. The summed E-state index contributed by atoms with van der Waals surface area (Å²) in [6, 6.07) is 5.56. The highest BCUT2D eigenvalue weighted by molar-refractivity contribution is 7.84. The molecular weight excluding hydrogens is 580 g/mol. The van der Waals surface area contributed by atoms with E-state index in [1.807, 2.05) is 4.90 Å². The molecule has 0 bridgehead atoms. The number of aromatic nitrogens is 1. The van der Waals surface area contributed by atoms with Crippen molar-refractivity contribution in [3.8, 4) is 0 Å². The molecular formula is C32H32F4N4O2S. The Labute approximate surface area is 250 Å². The van der Waals surface area contributed by atoms with E-state index >= 15 is 4.39 Å². The fourth-order valence-electron chi connectivity index (χ4n) is 5.01. The Kier molecular flexibility index (Phi) is 9.98. The highest BCUT2D eigenvalue weighted by atomic mass is 32.2. The Balaban J connectivity index is 1.68. The molecule has 2 heterocycles. The minimum absolute atomic E-state index is 0.0995. The zero-order valence-corrected chi connectivity index (χ0v) is 25.1. The van der Waals surface area contributed by atoms with E-state index in [1.165, 1.54) is 42.7 Å². The van der Waals surface area contributed by atoms with Gasteiger partial charge in [0, 0.05) is 35.3 Å². The summed E-state index contributed by atoms with van der Waals surface area (Å²) in [6.07, 6.45) is 9.50. The van der Waals surface area contributed by atoms with E-state index in [2.05, 4.69) is 15.6 Å². The smallest absolute Gasteiger partial charge is 0.150 e. The van der Waals surface area contributed by atoms with Crippen LogP contribution in [0, 0.1) is 24.4 Å². The number of carbonyl (C=O) groups excluding carboxylic acids is 1. The number of aldehydes is 1. The number of nitrogens with zero attached hydrogens (tertiary/aromatic N) is 2. The van der Waals surface area contributed by atoms with Gasteiger partial charge in [0.2, 0.25) is 0 Å². The second-order valence-corrected chi connectivity index (χ2v) is 11.8. The van der Waals surface area contributed by atoms with Gasteiger partial charge in [0.1, 0.15) is 29.3 Å². The number of likely N-dealkylation sites (N-methyl/N-ethyl adjacent to an activating group) is 1. The topological polar surface area (TPSA) is 74.3 Å². The Morgan fingerprint density at radius 3 is 2.47 bits per heavy atom. The number of rotatable bonds is 10. The molecule has 43 heavy (non-hydrogen) atoms. The molecule has 0 saturated carbocycles. The Bertz CT molecular complexity index is 1650. The van der Waals surface area contributed by atoms with E-state index in [4.69, 9.17) is 0 Å². The molecule has 0 spiro atoms. The lowest BCUT2D eigenvalue weighted by Gasteiger charge is -2.28. The third kappa shape index (κ3) is 7.29. The van der Waals surface area contributed by atoms with Gasteiger partial charge in [0.05, 0.1) is 33.6 Å². The molecule has 4 rings (SSSR count). The van der Waals surface area contributed by atoms with E-state index in [9.17, 15) is 22.2 Å². The lowest BCUT2D eigenvalue weighted by molar-refractivity contribution is 0.112. The molecule has 11 heteroatoms. The van der Waals surface area contributed by atoms with Crippen molar-refractivity contribution in [1.82, 2.24) is 15.2 Å². The minimum Gasteiger partial charge on any atom is -0.378 e. The third-order valence-corrected chi connectivity index (χ3v) is 8.13. The quantitative estimate of drug-likeness (QED) is 0.200.